The van der Waals surface area contributed by atoms with Gasteiger partial charge in [0.25, 0.3) is 0 Å². The molecule has 2 bridgehead atoms. The molecule has 4 aliphatic rings. The van der Waals surface area contributed by atoms with Crippen LogP contribution in [-0.4, -0.2) is 61.0 Å². The Hall–Kier alpha value is -0.160. The van der Waals surface area contributed by atoms with Gasteiger partial charge in [-0.25, -0.2) is 0 Å². The molecule has 0 aliphatic carbocycles. The number of rotatable bonds is 2. The van der Waals surface area contributed by atoms with Crippen LogP contribution in [-0.2, 0) is 4.74 Å². The lowest BCUT2D eigenvalue weighted by molar-refractivity contribution is 0.0561. The van der Waals surface area contributed by atoms with Crippen LogP contribution in [0.25, 0.3) is 0 Å². The SMILES string of the molecule is OC1COCC1NC1CN2CCC1CC2. The van der Waals surface area contributed by atoms with Gasteiger partial charge >= 0.3 is 0 Å². The summed E-state index contributed by atoms with van der Waals surface area (Å²) >= 11 is 0. The summed E-state index contributed by atoms with van der Waals surface area (Å²) in [5.41, 5.74) is 0. The first-order chi connectivity index (χ1) is 7.33. The van der Waals surface area contributed by atoms with Gasteiger partial charge in [0, 0.05) is 12.6 Å². The Morgan fingerprint density at radius 3 is 2.47 bits per heavy atom. The molecule has 2 N–H and O–H groups in total. The van der Waals surface area contributed by atoms with Gasteiger partial charge in [-0.05, 0) is 31.8 Å². The van der Waals surface area contributed by atoms with E-state index in [0.29, 0.717) is 19.3 Å². The van der Waals surface area contributed by atoms with Crippen molar-refractivity contribution < 1.29 is 9.84 Å². The smallest absolute Gasteiger partial charge is 0.0948 e. The summed E-state index contributed by atoms with van der Waals surface area (Å²) in [6.45, 7) is 4.87. The van der Waals surface area contributed by atoms with Crippen molar-refractivity contribution in [2.75, 3.05) is 32.8 Å². The quantitative estimate of drug-likeness (QED) is 0.643. The van der Waals surface area contributed by atoms with Gasteiger partial charge in [-0.2, -0.15) is 0 Å². The van der Waals surface area contributed by atoms with E-state index in [4.69, 9.17) is 4.74 Å². The summed E-state index contributed by atoms with van der Waals surface area (Å²) in [7, 11) is 0. The van der Waals surface area contributed by atoms with Crippen molar-refractivity contribution in [3.63, 3.8) is 0 Å². The van der Waals surface area contributed by atoms with Crippen LogP contribution in [0, 0.1) is 5.92 Å². The standard InChI is InChI=1S/C11H20N2O2/c14-11-7-15-6-10(11)12-9-5-13-3-1-8(9)2-4-13/h8-12,14H,1-7H2. The molecule has 0 amide bonds. The second-order valence-electron chi connectivity index (χ2n) is 5.12. The van der Waals surface area contributed by atoms with Gasteiger partial charge in [0.15, 0.2) is 0 Å². The minimum atomic E-state index is -0.305. The molecule has 15 heavy (non-hydrogen) atoms. The average molecular weight is 212 g/mol. The summed E-state index contributed by atoms with van der Waals surface area (Å²) < 4.78 is 5.26. The highest BCUT2D eigenvalue weighted by Crippen LogP contribution is 2.28. The molecule has 0 spiro atoms. The van der Waals surface area contributed by atoms with E-state index in [1.807, 2.05) is 0 Å². The molecular formula is C11H20N2O2. The number of aliphatic hydroxyl groups is 1. The molecule has 3 unspecified atom stereocenters. The number of hydrogen-bond donors (Lipinski definition) is 2. The zero-order chi connectivity index (χ0) is 10.3. The van der Waals surface area contributed by atoms with Crippen LogP contribution in [0.1, 0.15) is 12.8 Å². The van der Waals surface area contributed by atoms with Crippen LogP contribution in [0.15, 0.2) is 0 Å². The minimum Gasteiger partial charge on any atom is -0.389 e. The van der Waals surface area contributed by atoms with E-state index in [1.54, 1.807) is 0 Å². The van der Waals surface area contributed by atoms with Crippen LogP contribution in [0.4, 0.5) is 0 Å². The van der Waals surface area contributed by atoms with Crippen LogP contribution in [0.2, 0.25) is 0 Å². The largest absolute Gasteiger partial charge is 0.389 e. The molecule has 0 aromatic heterocycles. The fourth-order valence-corrected chi connectivity index (χ4v) is 3.13. The Kier molecular flexibility index (Phi) is 2.68. The minimum absolute atomic E-state index is 0.163. The van der Waals surface area contributed by atoms with Crippen molar-refractivity contribution in [2.24, 2.45) is 5.92 Å². The van der Waals surface area contributed by atoms with E-state index >= 15 is 0 Å². The fraction of sp³-hybridized carbons (Fsp3) is 1.00. The van der Waals surface area contributed by atoms with Crippen molar-refractivity contribution in [3.8, 4) is 0 Å². The van der Waals surface area contributed by atoms with Gasteiger partial charge in [-0.15, -0.1) is 0 Å². The Morgan fingerprint density at radius 1 is 1.13 bits per heavy atom. The molecule has 4 nitrogen and oxygen atoms in total. The third-order valence-corrected chi connectivity index (χ3v) is 4.13. The molecule has 3 atom stereocenters. The van der Waals surface area contributed by atoms with Crippen LogP contribution in [0.5, 0.6) is 0 Å². The number of hydrogen-bond acceptors (Lipinski definition) is 4. The van der Waals surface area contributed by atoms with E-state index in [0.717, 1.165) is 12.5 Å². The predicted octanol–water partition coefficient (Wildman–Crippen LogP) is -0.570. The maximum atomic E-state index is 9.69. The maximum absolute atomic E-state index is 9.69. The molecule has 4 fully saturated rings. The Morgan fingerprint density at radius 2 is 1.93 bits per heavy atom. The van der Waals surface area contributed by atoms with E-state index in [2.05, 4.69) is 10.2 Å². The number of aliphatic hydroxyl groups excluding tert-OH is 1. The first kappa shape index (κ1) is 10.0. The van der Waals surface area contributed by atoms with E-state index in [-0.39, 0.29) is 12.1 Å². The summed E-state index contributed by atoms with van der Waals surface area (Å²) in [4.78, 5) is 2.53. The summed E-state index contributed by atoms with van der Waals surface area (Å²) in [5.74, 6) is 0.822. The van der Waals surface area contributed by atoms with Crippen molar-refractivity contribution in [3.05, 3.63) is 0 Å². The number of piperidine rings is 3. The number of fused-ring (bicyclic) bond motifs is 3. The highest BCUT2D eigenvalue weighted by molar-refractivity contribution is 4.94. The predicted molar refractivity (Wildman–Crippen MR) is 56.7 cm³/mol. The Labute approximate surface area is 90.6 Å². The number of nitrogens with one attached hydrogen (secondary N) is 1. The number of nitrogens with zero attached hydrogens (tertiary/aromatic N) is 1. The molecule has 4 rings (SSSR count). The third kappa shape index (κ3) is 1.91. The van der Waals surface area contributed by atoms with Crippen molar-refractivity contribution >= 4 is 0 Å². The molecule has 4 aliphatic heterocycles. The fourth-order valence-electron chi connectivity index (χ4n) is 3.13. The lowest BCUT2D eigenvalue weighted by Gasteiger charge is -2.46. The number of ether oxygens (including phenoxy) is 1. The first-order valence-electron chi connectivity index (χ1n) is 6.07. The highest BCUT2D eigenvalue weighted by Gasteiger charge is 2.37. The molecule has 0 aromatic rings. The maximum Gasteiger partial charge on any atom is 0.0948 e. The van der Waals surface area contributed by atoms with Crippen molar-refractivity contribution in [1.29, 1.82) is 0 Å². The summed E-state index contributed by atoms with van der Waals surface area (Å²) in [6, 6.07) is 0.740. The first-order valence-corrected chi connectivity index (χ1v) is 6.07. The van der Waals surface area contributed by atoms with Gasteiger partial charge in [-0.1, -0.05) is 0 Å². The van der Waals surface area contributed by atoms with E-state index in [1.165, 1.54) is 25.9 Å². The molecular weight excluding hydrogens is 192 g/mol. The Balaban J connectivity index is 1.59. The van der Waals surface area contributed by atoms with Gasteiger partial charge in [-0.3, -0.25) is 0 Å². The second-order valence-corrected chi connectivity index (χ2v) is 5.12. The van der Waals surface area contributed by atoms with Gasteiger partial charge in [0.1, 0.15) is 0 Å². The molecule has 4 heteroatoms. The highest BCUT2D eigenvalue weighted by atomic mass is 16.5. The molecule has 4 saturated heterocycles. The second kappa shape index (κ2) is 4.01. The molecule has 4 heterocycles. The Bertz CT molecular complexity index is 229. The van der Waals surface area contributed by atoms with Gasteiger partial charge in [0.2, 0.25) is 0 Å². The summed E-state index contributed by atoms with van der Waals surface area (Å²) in [6.07, 6.45) is 2.34. The lowest BCUT2D eigenvalue weighted by atomic mass is 9.83. The molecule has 0 radical (unpaired) electrons. The molecule has 0 aromatic carbocycles. The van der Waals surface area contributed by atoms with Crippen molar-refractivity contribution in [2.45, 2.75) is 31.0 Å². The van der Waals surface area contributed by atoms with Crippen LogP contribution < -0.4 is 5.32 Å². The molecule has 86 valence electrons. The molecule has 0 saturated carbocycles. The third-order valence-electron chi connectivity index (χ3n) is 4.13. The van der Waals surface area contributed by atoms with Crippen molar-refractivity contribution in [1.82, 2.24) is 10.2 Å². The van der Waals surface area contributed by atoms with Crippen LogP contribution in [0.3, 0.4) is 0 Å². The summed E-state index contributed by atoms with van der Waals surface area (Å²) in [5, 5.41) is 13.3. The monoisotopic (exact) mass is 212 g/mol. The zero-order valence-electron chi connectivity index (χ0n) is 9.06. The van der Waals surface area contributed by atoms with Crippen LogP contribution >= 0.6 is 0 Å². The van der Waals surface area contributed by atoms with Gasteiger partial charge < -0.3 is 20.1 Å². The van der Waals surface area contributed by atoms with Gasteiger partial charge in [0.05, 0.1) is 25.4 Å². The normalized spacial score (nSPS) is 49.8. The lowest BCUT2D eigenvalue weighted by Crippen LogP contribution is -2.59. The topological polar surface area (TPSA) is 44.7 Å². The van der Waals surface area contributed by atoms with E-state index < -0.39 is 0 Å². The van der Waals surface area contributed by atoms with E-state index in [9.17, 15) is 5.11 Å². The zero-order valence-corrected chi connectivity index (χ0v) is 9.06. The average Bonchev–Trinajstić information content (AvgIpc) is 2.66.